The Morgan fingerprint density at radius 2 is 1.89 bits per heavy atom. The molecular formula is C14H13NO3S. The number of amides is 1. The van der Waals surface area contributed by atoms with Crippen LogP contribution in [-0.2, 0) is 11.3 Å². The lowest BCUT2D eigenvalue weighted by Gasteiger charge is -2.20. The fourth-order valence-corrected chi connectivity index (χ4v) is 2.39. The normalized spacial score (nSPS) is 10.2. The second-order valence-electron chi connectivity index (χ2n) is 4.09. The average Bonchev–Trinajstić information content (AvgIpc) is 2.88. The first kappa shape index (κ1) is 13.3. The molecule has 0 aliphatic rings. The van der Waals surface area contributed by atoms with Crippen LogP contribution < -0.4 is 4.90 Å². The highest BCUT2D eigenvalue weighted by molar-refractivity contribution is 7.07. The first-order valence-electron chi connectivity index (χ1n) is 5.70. The van der Waals surface area contributed by atoms with Crippen LogP contribution in [0, 0.1) is 0 Å². The van der Waals surface area contributed by atoms with Crippen molar-refractivity contribution in [3.05, 3.63) is 52.2 Å². The number of carboxylic acids is 1. The van der Waals surface area contributed by atoms with E-state index in [-0.39, 0.29) is 11.5 Å². The van der Waals surface area contributed by atoms with Crippen molar-refractivity contribution in [1.82, 2.24) is 0 Å². The van der Waals surface area contributed by atoms with E-state index in [1.165, 1.54) is 19.1 Å². The van der Waals surface area contributed by atoms with Crippen LogP contribution in [0.25, 0.3) is 0 Å². The predicted octanol–water partition coefficient (Wildman–Crippen LogP) is 3.00. The fraction of sp³-hybridized carbons (Fsp3) is 0.143. The van der Waals surface area contributed by atoms with E-state index in [9.17, 15) is 9.59 Å². The van der Waals surface area contributed by atoms with Crippen molar-refractivity contribution >= 4 is 28.9 Å². The molecule has 19 heavy (non-hydrogen) atoms. The molecule has 0 saturated heterocycles. The molecule has 1 aromatic heterocycles. The Kier molecular flexibility index (Phi) is 3.97. The number of carbonyl (C=O) groups excluding carboxylic acids is 1. The molecule has 4 nitrogen and oxygen atoms in total. The minimum atomic E-state index is -0.973. The number of anilines is 1. The Balaban J connectivity index is 2.24. The Hall–Kier alpha value is -2.14. The van der Waals surface area contributed by atoms with Gasteiger partial charge in [0.15, 0.2) is 0 Å². The molecule has 0 radical (unpaired) electrons. The van der Waals surface area contributed by atoms with Gasteiger partial charge in [0.25, 0.3) is 0 Å². The van der Waals surface area contributed by atoms with E-state index in [1.54, 1.807) is 28.4 Å². The third-order valence-corrected chi connectivity index (χ3v) is 3.46. The molecule has 98 valence electrons. The quantitative estimate of drug-likeness (QED) is 0.933. The first-order valence-corrected chi connectivity index (χ1v) is 6.65. The summed E-state index contributed by atoms with van der Waals surface area (Å²) in [6.07, 6.45) is 0. The lowest BCUT2D eigenvalue weighted by Crippen LogP contribution is -2.27. The van der Waals surface area contributed by atoms with E-state index >= 15 is 0 Å². The summed E-state index contributed by atoms with van der Waals surface area (Å²) in [7, 11) is 0. The number of hydrogen-bond donors (Lipinski definition) is 1. The lowest BCUT2D eigenvalue weighted by molar-refractivity contribution is -0.116. The number of nitrogens with zero attached hydrogens (tertiary/aromatic N) is 1. The summed E-state index contributed by atoms with van der Waals surface area (Å²) in [5.41, 5.74) is 1.97. The standard InChI is InChI=1S/C14H13NO3S/c1-10(16)15(8-11-6-7-19-9-11)13-4-2-12(3-5-13)14(17)18/h2-7,9H,8H2,1H3,(H,17,18). The van der Waals surface area contributed by atoms with Gasteiger partial charge < -0.3 is 10.0 Å². The van der Waals surface area contributed by atoms with Crippen LogP contribution in [0.3, 0.4) is 0 Å². The lowest BCUT2D eigenvalue weighted by atomic mass is 10.2. The van der Waals surface area contributed by atoms with Gasteiger partial charge in [0, 0.05) is 12.6 Å². The van der Waals surface area contributed by atoms with Crippen LogP contribution in [0.5, 0.6) is 0 Å². The minimum absolute atomic E-state index is 0.0747. The Morgan fingerprint density at radius 1 is 1.21 bits per heavy atom. The molecule has 2 aromatic rings. The molecule has 0 aliphatic carbocycles. The zero-order chi connectivity index (χ0) is 13.8. The van der Waals surface area contributed by atoms with Gasteiger partial charge in [-0.05, 0) is 46.7 Å². The third kappa shape index (κ3) is 3.20. The van der Waals surface area contributed by atoms with Crippen LogP contribution in [0.15, 0.2) is 41.1 Å². The molecule has 0 spiro atoms. The maximum Gasteiger partial charge on any atom is 0.335 e. The molecule has 0 bridgehead atoms. The molecule has 1 amide bonds. The number of carbonyl (C=O) groups is 2. The molecule has 5 heteroatoms. The Morgan fingerprint density at radius 3 is 2.37 bits per heavy atom. The summed E-state index contributed by atoms with van der Waals surface area (Å²) in [6, 6.07) is 8.27. The summed E-state index contributed by atoms with van der Waals surface area (Å²) >= 11 is 1.58. The van der Waals surface area contributed by atoms with E-state index < -0.39 is 5.97 Å². The summed E-state index contributed by atoms with van der Waals surface area (Å²) < 4.78 is 0. The van der Waals surface area contributed by atoms with Gasteiger partial charge in [-0.15, -0.1) is 0 Å². The molecule has 2 rings (SSSR count). The van der Waals surface area contributed by atoms with Gasteiger partial charge in [-0.3, -0.25) is 4.79 Å². The van der Waals surface area contributed by atoms with E-state index in [2.05, 4.69) is 0 Å². The first-order chi connectivity index (χ1) is 9.08. The third-order valence-electron chi connectivity index (χ3n) is 2.73. The van der Waals surface area contributed by atoms with Gasteiger partial charge in [-0.25, -0.2) is 4.79 Å². The monoisotopic (exact) mass is 275 g/mol. The maximum absolute atomic E-state index is 11.7. The van der Waals surface area contributed by atoms with Gasteiger partial charge in [-0.1, -0.05) is 0 Å². The summed E-state index contributed by atoms with van der Waals surface area (Å²) in [5, 5.41) is 12.8. The van der Waals surface area contributed by atoms with E-state index in [4.69, 9.17) is 5.11 Å². The highest BCUT2D eigenvalue weighted by Gasteiger charge is 2.13. The summed E-state index contributed by atoms with van der Waals surface area (Å²) in [5.74, 6) is -1.05. The maximum atomic E-state index is 11.7. The Labute approximate surface area is 114 Å². The molecule has 0 aliphatic heterocycles. The van der Waals surface area contributed by atoms with Crippen molar-refractivity contribution in [3.8, 4) is 0 Å². The molecule has 0 saturated carbocycles. The van der Waals surface area contributed by atoms with E-state index in [1.807, 2.05) is 16.8 Å². The highest BCUT2D eigenvalue weighted by Crippen LogP contribution is 2.19. The summed E-state index contributed by atoms with van der Waals surface area (Å²) in [4.78, 5) is 24.1. The van der Waals surface area contributed by atoms with Crippen LogP contribution in [0.4, 0.5) is 5.69 Å². The molecule has 1 heterocycles. The smallest absolute Gasteiger partial charge is 0.335 e. The molecule has 0 atom stereocenters. The van der Waals surface area contributed by atoms with Crippen molar-refractivity contribution in [1.29, 1.82) is 0 Å². The second kappa shape index (κ2) is 5.67. The number of rotatable bonds is 4. The largest absolute Gasteiger partial charge is 0.478 e. The fourth-order valence-electron chi connectivity index (χ4n) is 1.73. The predicted molar refractivity (Wildman–Crippen MR) is 74.6 cm³/mol. The molecule has 1 aromatic carbocycles. The van der Waals surface area contributed by atoms with Crippen LogP contribution in [0.2, 0.25) is 0 Å². The SMILES string of the molecule is CC(=O)N(Cc1ccsc1)c1ccc(C(=O)O)cc1. The molecule has 0 fully saturated rings. The topological polar surface area (TPSA) is 57.6 Å². The van der Waals surface area contributed by atoms with Crippen molar-refractivity contribution < 1.29 is 14.7 Å². The van der Waals surface area contributed by atoms with Gasteiger partial charge in [-0.2, -0.15) is 11.3 Å². The van der Waals surface area contributed by atoms with Crippen LogP contribution in [-0.4, -0.2) is 17.0 Å². The highest BCUT2D eigenvalue weighted by atomic mass is 32.1. The van der Waals surface area contributed by atoms with Crippen molar-refractivity contribution in [3.63, 3.8) is 0 Å². The molecule has 0 unspecified atom stereocenters. The zero-order valence-electron chi connectivity index (χ0n) is 10.4. The Bertz CT molecular complexity index is 575. The zero-order valence-corrected chi connectivity index (χ0v) is 11.2. The number of carboxylic acid groups (broad SMARTS) is 1. The van der Waals surface area contributed by atoms with E-state index in [0.29, 0.717) is 12.2 Å². The molecule has 1 N–H and O–H groups in total. The second-order valence-corrected chi connectivity index (χ2v) is 4.87. The number of hydrogen-bond acceptors (Lipinski definition) is 3. The number of benzene rings is 1. The van der Waals surface area contributed by atoms with E-state index in [0.717, 1.165) is 5.56 Å². The van der Waals surface area contributed by atoms with Crippen molar-refractivity contribution in [2.45, 2.75) is 13.5 Å². The van der Waals surface area contributed by atoms with Gasteiger partial charge in [0.2, 0.25) is 5.91 Å². The average molecular weight is 275 g/mol. The van der Waals surface area contributed by atoms with Crippen molar-refractivity contribution in [2.24, 2.45) is 0 Å². The van der Waals surface area contributed by atoms with Gasteiger partial charge in [0.1, 0.15) is 0 Å². The number of aromatic carboxylic acids is 1. The van der Waals surface area contributed by atoms with Crippen LogP contribution >= 0.6 is 11.3 Å². The number of thiophene rings is 1. The molecular weight excluding hydrogens is 262 g/mol. The minimum Gasteiger partial charge on any atom is -0.478 e. The van der Waals surface area contributed by atoms with Gasteiger partial charge in [0.05, 0.1) is 12.1 Å². The summed E-state index contributed by atoms with van der Waals surface area (Å²) in [6.45, 7) is 1.99. The van der Waals surface area contributed by atoms with Gasteiger partial charge >= 0.3 is 5.97 Å². The van der Waals surface area contributed by atoms with Crippen molar-refractivity contribution in [2.75, 3.05) is 4.90 Å². The van der Waals surface area contributed by atoms with Crippen LogP contribution in [0.1, 0.15) is 22.8 Å².